The van der Waals surface area contributed by atoms with Crippen molar-refractivity contribution in [2.24, 2.45) is 5.92 Å². The van der Waals surface area contributed by atoms with Gasteiger partial charge in [0.05, 0.1) is 0 Å². The van der Waals surface area contributed by atoms with E-state index in [0.717, 1.165) is 18.6 Å². The van der Waals surface area contributed by atoms with Crippen molar-refractivity contribution >= 4 is 6.29 Å². The molecule has 62 valence electrons. The fraction of sp³-hybridized carbons (Fsp3) is 0.667. The lowest BCUT2D eigenvalue weighted by Crippen LogP contribution is -2.13. The molecular weight excluding hydrogens is 138 g/mol. The lowest BCUT2D eigenvalue weighted by atomic mass is 10.1. The van der Waals surface area contributed by atoms with E-state index >= 15 is 0 Å². The molecule has 11 heavy (non-hydrogen) atoms. The first-order chi connectivity index (χ1) is 5.33. The van der Waals surface area contributed by atoms with E-state index in [1.165, 1.54) is 19.5 Å². The molecule has 0 aliphatic carbocycles. The summed E-state index contributed by atoms with van der Waals surface area (Å²) in [6.45, 7) is 2.39. The molecule has 0 saturated carbocycles. The second-order valence-electron chi connectivity index (χ2n) is 3.22. The SMILES string of the molecule is CN1CCC(C/C=C\C=O)C1. The highest BCUT2D eigenvalue weighted by molar-refractivity contribution is 5.64. The summed E-state index contributed by atoms with van der Waals surface area (Å²) in [6.07, 6.45) is 6.75. The van der Waals surface area contributed by atoms with Gasteiger partial charge in [0.25, 0.3) is 0 Å². The molecule has 1 atom stereocenters. The van der Waals surface area contributed by atoms with E-state index < -0.39 is 0 Å². The van der Waals surface area contributed by atoms with Crippen molar-refractivity contribution in [3.05, 3.63) is 12.2 Å². The van der Waals surface area contributed by atoms with Crippen molar-refractivity contribution in [3.63, 3.8) is 0 Å². The number of rotatable bonds is 3. The van der Waals surface area contributed by atoms with Gasteiger partial charge in [0.1, 0.15) is 6.29 Å². The van der Waals surface area contributed by atoms with E-state index in [9.17, 15) is 4.79 Å². The minimum Gasteiger partial charge on any atom is -0.306 e. The molecule has 0 amide bonds. The van der Waals surface area contributed by atoms with Gasteiger partial charge in [0.15, 0.2) is 0 Å². The molecule has 0 radical (unpaired) electrons. The first-order valence-electron chi connectivity index (χ1n) is 4.12. The van der Waals surface area contributed by atoms with Crippen LogP contribution in [0.2, 0.25) is 0 Å². The lowest BCUT2D eigenvalue weighted by Gasteiger charge is -2.06. The maximum atomic E-state index is 9.95. The molecule has 0 aromatic carbocycles. The van der Waals surface area contributed by atoms with Crippen LogP contribution in [0.1, 0.15) is 12.8 Å². The summed E-state index contributed by atoms with van der Waals surface area (Å²) in [5.74, 6) is 0.774. The number of likely N-dealkylation sites (tertiary alicyclic amines) is 1. The van der Waals surface area contributed by atoms with Gasteiger partial charge in [-0.15, -0.1) is 0 Å². The molecule has 0 aromatic rings. The Balaban J connectivity index is 2.17. The number of hydrogen-bond acceptors (Lipinski definition) is 2. The zero-order valence-electron chi connectivity index (χ0n) is 6.99. The maximum absolute atomic E-state index is 9.95. The van der Waals surface area contributed by atoms with E-state index in [2.05, 4.69) is 11.9 Å². The summed E-state index contributed by atoms with van der Waals surface area (Å²) in [5, 5.41) is 0. The van der Waals surface area contributed by atoms with Crippen LogP contribution in [0.5, 0.6) is 0 Å². The van der Waals surface area contributed by atoms with Crippen molar-refractivity contribution in [1.29, 1.82) is 0 Å². The number of allylic oxidation sites excluding steroid dienone is 2. The second-order valence-corrected chi connectivity index (χ2v) is 3.22. The van der Waals surface area contributed by atoms with Crippen LogP contribution in [0.15, 0.2) is 12.2 Å². The van der Waals surface area contributed by atoms with Gasteiger partial charge < -0.3 is 4.90 Å². The van der Waals surface area contributed by atoms with Gasteiger partial charge in [0, 0.05) is 6.54 Å². The molecule has 0 bridgehead atoms. The Morgan fingerprint density at radius 3 is 3.00 bits per heavy atom. The van der Waals surface area contributed by atoms with Crippen LogP contribution in [0.3, 0.4) is 0 Å². The van der Waals surface area contributed by atoms with Crippen molar-refractivity contribution in [2.75, 3.05) is 20.1 Å². The highest BCUT2D eigenvalue weighted by atomic mass is 16.1. The van der Waals surface area contributed by atoms with Gasteiger partial charge in [-0.1, -0.05) is 6.08 Å². The number of nitrogens with zero attached hydrogens (tertiary/aromatic N) is 1. The number of aldehydes is 1. The largest absolute Gasteiger partial charge is 0.306 e. The van der Waals surface area contributed by atoms with Gasteiger partial charge in [-0.25, -0.2) is 0 Å². The van der Waals surface area contributed by atoms with E-state index in [4.69, 9.17) is 0 Å². The van der Waals surface area contributed by atoms with Crippen LogP contribution in [0, 0.1) is 5.92 Å². The van der Waals surface area contributed by atoms with E-state index in [1.807, 2.05) is 6.08 Å². The molecule has 1 aliphatic heterocycles. The number of carbonyl (C=O) groups is 1. The van der Waals surface area contributed by atoms with Crippen molar-refractivity contribution in [1.82, 2.24) is 4.90 Å². The molecule has 1 aliphatic rings. The van der Waals surface area contributed by atoms with Gasteiger partial charge in [0.2, 0.25) is 0 Å². The molecule has 1 unspecified atom stereocenters. The Kier molecular flexibility index (Phi) is 3.30. The zero-order valence-corrected chi connectivity index (χ0v) is 6.99. The summed E-state index contributed by atoms with van der Waals surface area (Å²) >= 11 is 0. The molecule has 1 saturated heterocycles. The predicted molar refractivity (Wildman–Crippen MR) is 45.4 cm³/mol. The molecule has 0 aromatic heterocycles. The predicted octanol–water partition coefficient (Wildman–Crippen LogP) is 1.08. The average molecular weight is 153 g/mol. The summed E-state index contributed by atoms with van der Waals surface area (Å²) in [7, 11) is 2.14. The molecule has 0 spiro atoms. The fourth-order valence-electron chi connectivity index (χ4n) is 1.55. The quantitative estimate of drug-likeness (QED) is 0.447. The molecule has 1 rings (SSSR count). The second kappa shape index (κ2) is 4.29. The van der Waals surface area contributed by atoms with Gasteiger partial charge in [-0.3, -0.25) is 4.79 Å². The van der Waals surface area contributed by atoms with Crippen molar-refractivity contribution in [3.8, 4) is 0 Å². The van der Waals surface area contributed by atoms with Crippen molar-refractivity contribution in [2.45, 2.75) is 12.8 Å². The summed E-state index contributed by atoms with van der Waals surface area (Å²) < 4.78 is 0. The average Bonchev–Trinajstić information content (AvgIpc) is 2.37. The lowest BCUT2D eigenvalue weighted by molar-refractivity contribution is -0.104. The Morgan fingerprint density at radius 1 is 1.64 bits per heavy atom. The Labute approximate surface area is 67.9 Å². The minimum absolute atomic E-state index is 0.774. The summed E-state index contributed by atoms with van der Waals surface area (Å²) in [5.41, 5.74) is 0. The topological polar surface area (TPSA) is 20.3 Å². The van der Waals surface area contributed by atoms with Crippen LogP contribution in [-0.4, -0.2) is 31.3 Å². The van der Waals surface area contributed by atoms with Crippen molar-refractivity contribution < 1.29 is 4.79 Å². The molecule has 0 N–H and O–H groups in total. The fourth-order valence-corrected chi connectivity index (χ4v) is 1.55. The van der Waals surface area contributed by atoms with Gasteiger partial charge in [-0.05, 0) is 38.4 Å². The van der Waals surface area contributed by atoms with E-state index in [-0.39, 0.29) is 0 Å². The normalized spacial score (nSPS) is 26.5. The van der Waals surface area contributed by atoms with Crippen LogP contribution in [0.25, 0.3) is 0 Å². The van der Waals surface area contributed by atoms with Gasteiger partial charge >= 0.3 is 0 Å². The Bertz CT molecular complexity index is 154. The van der Waals surface area contributed by atoms with Gasteiger partial charge in [-0.2, -0.15) is 0 Å². The monoisotopic (exact) mass is 153 g/mol. The van der Waals surface area contributed by atoms with Crippen LogP contribution in [-0.2, 0) is 4.79 Å². The van der Waals surface area contributed by atoms with Crippen LogP contribution in [0.4, 0.5) is 0 Å². The van der Waals surface area contributed by atoms with Crippen LogP contribution >= 0.6 is 0 Å². The number of carbonyl (C=O) groups excluding carboxylic acids is 1. The highest BCUT2D eigenvalue weighted by Gasteiger charge is 2.17. The minimum atomic E-state index is 0.774. The first kappa shape index (κ1) is 8.47. The third kappa shape index (κ3) is 2.85. The summed E-state index contributed by atoms with van der Waals surface area (Å²) in [4.78, 5) is 12.3. The Morgan fingerprint density at radius 2 is 2.45 bits per heavy atom. The van der Waals surface area contributed by atoms with E-state index in [1.54, 1.807) is 6.08 Å². The zero-order chi connectivity index (χ0) is 8.10. The standard InChI is InChI=1S/C9H15NO/c1-10-6-5-9(8-10)4-2-3-7-11/h2-3,7,9H,4-6,8H2,1H3/b3-2-. The molecule has 1 heterocycles. The van der Waals surface area contributed by atoms with E-state index in [0.29, 0.717) is 0 Å². The molecule has 2 nitrogen and oxygen atoms in total. The first-order valence-corrected chi connectivity index (χ1v) is 4.12. The summed E-state index contributed by atoms with van der Waals surface area (Å²) in [6, 6.07) is 0. The number of hydrogen-bond donors (Lipinski definition) is 0. The maximum Gasteiger partial charge on any atom is 0.142 e. The van der Waals surface area contributed by atoms with Crippen LogP contribution < -0.4 is 0 Å². The Hall–Kier alpha value is -0.630. The highest BCUT2D eigenvalue weighted by Crippen LogP contribution is 2.17. The third-order valence-corrected chi connectivity index (χ3v) is 2.17. The smallest absolute Gasteiger partial charge is 0.142 e. The third-order valence-electron chi connectivity index (χ3n) is 2.17. The molecular formula is C9H15NO. The molecule has 2 heteroatoms. The molecule has 1 fully saturated rings.